The zero-order valence-corrected chi connectivity index (χ0v) is 18.2. The number of esters is 1. The molecule has 27 heavy (non-hydrogen) atoms. The molecule has 1 aliphatic rings. The Morgan fingerprint density at radius 3 is 2.89 bits per heavy atom. The standard InChI is InChI=1S/C18H23BrN4O3S/c1-5-6-9-27-18-21-17-20-11(4)14(16(24)25-10(2)3)15(23(17)22-18)12-7-8-13(19)26-12/h7-8,10,15H,5-6,9H2,1-4H3,(H,20,21,22). The molecule has 1 aliphatic heterocycles. The number of halogens is 1. The van der Waals surface area contributed by atoms with Gasteiger partial charge in [0, 0.05) is 11.4 Å². The van der Waals surface area contributed by atoms with Gasteiger partial charge in [0.05, 0.1) is 11.7 Å². The lowest BCUT2D eigenvalue weighted by Gasteiger charge is -2.26. The average Bonchev–Trinajstić information content (AvgIpc) is 3.18. The lowest BCUT2D eigenvalue weighted by molar-refractivity contribution is -0.143. The van der Waals surface area contributed by atoms with Crippen molar-refractivity contribution in [3.63, 3.8) is 0 Å². The van der Waals surface area contributed by atoms with Gasteiger partial charge >= 0.3 is 5.97 Å². The number of rotatable bonds is 7. The third-order valence-corrected chi connectivity index (χ3v) is 5.34. The summed E-state index contributed by atoms with van der Waals surface area (Å²) in [4.78, 5) is 17.4. The van der Waals surface area contributed by atoms with Crippen LogP contribution in [0.1, 0.15) is 52.3 Å². The fourth-order valence-corrected chi connectivity index (χ4v) is 4.01. The molecule has 7 nitrogen and oxygen atoms in total. The number of carbonyl (C=O) groups excluding carboxylic acids is 1. The van der Waals surface area contributed by atoms with Gasteiger partial charge in [-0.3, -0.25) is 0 Å². The van der Waals surface area contributed by atoms with Gasteiger partial charge in [0.15, 0.2) is 4.67 Å². The summed E-state index contributed by atoms with van der Waals surface area (Å²) in [5.41, 5.74) is 1.15. The number of fused-ring (bicyclic) bond motifs is 1. The summed E-state index contributed by atoms with van der Waals surface area (Å²) in [7, 11) is 0. The highest BCUT2D eigenvalue weighted by atomic mass is 79.9. The van der Waals surface area contributed by atoms with Gasteiger partial charge in [-0.15, -0.1) is 5.10 Å². The Kier molecular flexibility index (Phi) is 6.31. The van der Waals surface area contributed by atoms with Crippen LogP contribution in [0.5, 0.6) is 0 Å². The van der Waals surface area contributed by atoms with E-state index in [1.54, 1.807) is 22.5 Å². The molecule has 0 fully saturated rings. The first-order valence-electron chi connectivity index (χ1n) is 8.94. The molecule has 2 aromatic heterocycles. The van der Waals surface area contributed by atoms with Gasteiger partial charge in [-0.05, 0) is 55.3 Å². The first-order valence-corrected chi connectivity index (χ1v) is 10.7. The Hall–Kier alpha value is -1.74. The quantitative estimate of drug-likeness (QED) is 0.366. The van der Waals surface area contributed by atoms with Crippen LogP contribution in [-0.2, 0) is 9.53 Å². The summed E-state index contributed by atoms with van der Waals surface area (Å²) < 4.78 is 13.5. The molecule has 3 heterocycles. The summed E-state index contributed by atoms with van der Waals surface area (Å²) in [6, 6.07) is 3.09. The summed E-state index contributed by atoms with van der Waals surface area (Å²) in [6.07, 6.45) is 1.99. The fraction of sp³-hybridized carbons (Fsp3) is 0.500. The van der Waals surface area contributed by atoms with Gasteiger partial charge < -0.3 is 14.5 Å². The Bertz CT molecular complexity index is 859. The van der Waals surface area contributed by atoms with E-state index in [9.17, 15) is 4.79 Å². The SMILES string of the molecule is CCCCSc1nc2n(n1)C(c1ccc(Br)o1)C(C(=O)OC(C)C)=C(C)N2. The zero-order valence-electron chi connectivity index (χ0n) is 15.8. The number of hydrogen-bond acceptors (Lipinski definition) is 7. The number of nitrogens with one attached hydrogen (secondary N) is 1. The number of unbranched alkanes of at least 4 members (excludes halogenated alkanes) is 1. The molecular formula is C18H23BrN4O3S. The van der Waals surface area contributed by atoms with E-state index in [0.717, 1.165) is 18.6 Å². The normalized spacial score (nSPS) is 16.4. The Morgan fingerprint density at radius 2 is 2.26 bits per heavy atom. The summed E-state index contributed by atoms with van der Waals surface area (Å²) in [6.45, 7) is 7.64. The van der Waals surface area contributed by atoms with Crippen molar-refractivity contribution < 1.29 is 13.9 Å². The number of hydrogen-bond donors (Lipinski definition) is 1. The molecule has 0 bridgehead atoms. The Labute approximate surface area is 171 Å². The molecular weight excluding hydrogens is 432 g/mol. The van der Waals surface area contributed by atoms with E-state index in [0.29, 0.717) is 32.8 Å². The van der Waals surface area contributed by atoms with Gasteiger partial charge in [0.25, 0.3) is 0 Å². The average molecular weight is 455 g/mol. The Balaban J connectivity index is 2.01. The number of anilines is 1. The van der Waals surface area contributed by atoms with Crippen molar-refractivity contribution in [1.29, 1.82) is 0 Å². The third-order valence-electron chi connectivity index (χ3n) is 3.99. The summed E-state index contributed by atoms with van der Waals surface area (Å²) in [5, 5.41) is 8.48. The van der Waals surface area contributed by atoms with Crippen LogP contribution < -0.4 is 5.32 Å². The highest BCUT2D eigenvalue weighted by Gasteiger charge is 2.37. The van der Waals surface area contributed by atoms with Crippen LogP contribution in [0, 0.1) is 0 Å². The molecule has 2 aromatic rings. The number of nitrogens with zero attached hydrogens (tertiary/aromatic N) is 3. The molecule has 3 rings (SSSR count). The number of thioether (sulfide) groups is 1. The van der Waals surface area contributed by atoms with E-state index in [2.05, 4.69) is 38.3 Å². The van der Waals surface area contributed by atoms with Crippen LogP contribution in [0.4, 0.5) is 5.95 Å². The second-order valence-corrected chi connectivity index (χ2v) is 8.37. The van der Waals surface area contributed by atoms with Crippen LogP contribution in [0.25, 0.3) is 0 Å². The molecule has 0 aromatic carbocycles. The van der Waals surface area contributed by atoms with E-state index in [-0.39, 0.29) is 6.10 Å². The molecule has 1 unspecified atom stereocenters. The van der Waals surface area contributed by atoms with E-state index >= 15 is 0 Å². The number of carbonyl (C=O) groups is 1. The fourth-order valence-electron chi connectivity index (χ4n) is 2.78. The molecule has 0 amide bonds. The van der Waals surface area contributed by atoms with Crippen LogP contribution in [0.2, 0.25) is 0 Å². The summed E-state index contributed by atoms with van der Waals surface area (Å²) in [5.74, 6) is 1.74. The van der Waals surface area contributed by atoms with Crippen molar-refractivity contribution in [2.75, 3.05) is 11.1 Å². The maximum Gasteiger partial charge on any atom is 0.338 e. The molecule has 1 N–H and O–H groups in total. The molecule has 146 valence electrons. The number of ether oxygens (including phenoxy) is 1. The number of aromatic nitrogens is 3. The predicted octanol–water partition coefficient (Wildman–Crippen LogP) is 4.77. The smallest absolute Gasteiger partial charge is 0.338 e. The first kappa shape index (κ1) is 20.0. The second kappa shape index (κ2) is 8.52. The van der Waals surface area contributed by atoms with Crippen molar-refractivity contribution >= 4 is 39.6 Å². The highest BCUT2D eigenvalue weighted by molar-refractivity contribution is 9.10. The van der Waals surface area contributed by atoms with Crippen molar-refractivity contribution in [3.8, 4) is 0 Å². The van der Waals surface area contributed by atoms with Gasteiger partial charge in [-0.2, -0.15) is 4.98 Å². The number of furan rings is 1. The van der Waals surface area contributed by atoms with E-state index in [4.69, 9.17) is 9.15 Å². The molecule has 0 radical (unpaired) electrons. The minimum absolute atomic E-state index is 0.223. The third kappa shape index (κ3) is 4.40. The molecule has 0 saturated carbocycles. The largest absolute Gasteiger partial charge is 0.459 e. The molecule has 0 saturated heterocycles. The maximum absolute atomic E-state index is 12.8. The van der Waals surface area contributed by atoms with E-state index in [1.165, 1.54) is 0 Å². The molecule has 1 atom stereocenters. The minimum atomic E-state index is -0.535. The maximum atomic E-state index is 12.8. The van der Waals surface area contributed by atoms with Crippen LogP contribution in [0.15, 0.2) is 37.6 Å². The van der Waals surface area contributed by atoms with E-state index in [1.807, 2.05) is 26.8 Å². The van der Waals surface area contributed by atoms with Gasteiger partial charge in [-0.1, -0.05) is 25.1 Å². The van der Waals surface area contributed by atoms with Crippen LogP contribution in [-0.4, -0.2) is 32.6 Å². The van der Waals surface area contributed by atoms with E-state index < -0.39 is 12.0 Å². The topological polar surface area (TPSA) is 82.2 Å². The van der Waals surface area contributed by atoms with Crippen molar-refractivity contribution in [1.82, 2.24) is 14.8 Å². The number of allylic oxidation sites excluding steroid dienone is 1. The van der Waals surface area contributed by atoms with Crippen molar-refractivity contribution in [2.24, 2.45) is 0 Å². The predicted molar refractivity (Wildman–Crippen MR) is 108 cm³/mol. The second-order valence-electron chi connectivity index (χ2n) is 6.53. The van der Waals surface area contributed by atoms with Gasteiger partial charge in [0.1, 0.15) is 11.8 Å². The Morgan fingerprint density at radius 1 is 1.48 bits per heavy atom. The zero-order chi connectivity index (χ0) is 19.6. The van der Waals surface area contributed by atoms with Crippen LogP contribution >= 0.6 is 27.7 Å². The van der Waals surface area contributed by atoms with Gasteiger partial charge in [0.2, 0.25) is 11.1 Å². The summed E-state index contributed by atoms with van der Waals surface area (Å²) >= 11 is 4.94. The minimum Gasteiger partial charge on any atom is -0.459 e. The monoisotopic (exact) mass is 454 g/mol. The lowest BCUT2D eigenvalue weighted by Crippen LogP contribution is -2.30. The lowest BCUT2D eigenvalue weighted by atomic mass is 10.0. The first-order chi connectivity index (χ1) is 12.9. The van der Waals surface area contributed by atoms with Crippen LogP contribution in [0.3, 0.4) is 0 Å². The van der Waals surface area contributed by atoms with Gasteiger partial charge in [-0.25, -0.2) is 9.48 Å². The van der Waals surface area contributed by atoms with Crippen molar-refractivity contribution in [2.45, 2.75) is 57.8 Å². The van der Waals surface area contributed by atoms with Crippen molar-refractivity contribution in [3.05, 3.63) is 33.8 Å². The molecule has 0 spiro atoms. The molecule has 9 heteroatoms. The molecule has 0 aliphatic carbocycles. The highest BCUT2D eigenvalue weighted by Crippen LogP contribution is 2.38.